The van der Waals surface area contributed by atoms with Crippen molar-refractivity contribution in [3.63, 3.8) is 0 Å². The molecule has 27 heavy (non-hydrogen) atoms. The minimum Gasteiger partial charge on any atom is -0.494 e. The van der Waals surface area contributed by atoms with Gasteiger partial charge in [0.25, 0.3) is 5.56 Å². The molecule has 5 nitrogen and oxygen atoms in total. The van der Waals surface area contributed by atoms with Crippen LogP contribution in [-0.2, 0) is 19.5 Å². The first kappa shape index (κ1) is 19.2. The van der Waals surface area contributed by atoms with E-state index >= 15 is 0 Å². The van der Waals surface area contributed by atoms with Crippen molar-refractivity contribution in [2.24, 2.45) is 5.92 Å². The van der Waals surface area contributed by atoms with E-state index in [9.17, 15) is 15.2 Å². The molecule has 1 aliphatic rings. The molecule has 1 aromatic carbocycles. The van der Waals surface area contributed by atoms with Gasteiger partial charge in [-0.3, -0.25) is 14.3 Å². The summed E-state index contributed by atoms with van der Waals surface area (Å²) in [5, 5.41) is 20.4. The highest BCUT2D eigenvalue weighted by molar-refractivity contribution is 5.45. The first-order valence-corrected chi connectivity index (χ1v) is 9.63. The molecule has 0 atom stereocenters. The first-order valence-electron chi connectivity index (χ1n) is 9.63. The van der Waals surface area contributed by atoms with E-state index in [4.69, 9.17) is 0 Å². The standard InChI is InChI=1S/C22H27N3O2/c1-16-8-11-24(12-9-16)15-20-17(2)19(14-23)21(26)25(22(20)27)13-10-18-6-4-3-5-7-18/h3-7,16,27H,8-13,15H2,1-2H3. The van der Waals surface area contributed by atoms with Gasteiger partial charge in [-0.25, -0.2) is 0 Å². The van der Waals surface area contributed by atoms with Crippen molar-refractivity contribution < 1.29 is 5.11 Å². The van der Waals surface area contributed by atoms with Crippen LogP contribution in [0.15, 0.2) is 35.1 Å². The SMILES string of the molecule is Cc1c(CN2CCC(C)CC2)c(O)n(CCc2ccccc2)c(=O)c1C#N. The second-order valence-electron chi connectivity index (χ2n) is 7.57. The number of aromatic nitrogens is 1. The number of rotatable bonds is 5. The number of piperidine rings is 1. The van der Waals surface area contributed by atoms with Crippen LogP contribution in [0.3, 0.4) is 0 Å². The molecule has 0 saturated carbocycles. The second-order valence-corrected chi connectivity index (χ2v) is 7.57. The van der Waals surface area contributed by atoms with Gasteiger partial charge in [0.1, 0.15) is 11.6 Å². The van der Waals surface area contributed by atoms with E-state index in [0.29, 0.717) is 30.6 Å². The fourth-order valence-corrected chi connectivity index (χ4v) is 3.73. The van der Waals surface area contributed by atoms with Crippen molar-refractivity contribution in [2.75, 3.05) is 13.1 Å². The van der Waals surface area contributed by atoms with Gasteiger partial charge in [-0.15, -0.1) is 0 Å². The van der Waals surface area contributed by atoms with Crippen LogP contribution < -0.4 is 5.56 Å². The number of hydrogen-bond donors (Lipinski definition) is 1. The summed E-state index contributed by atoms with van der Waals surface area (Å²) >= 11 is 0. The summed E-state index contributed by atoms with van der Waals surface area (Å²) in [5.41, 5.74) is 2.14. The normalized spacial score (nSPS) is 15.6. The number of aromatic hydroxyl groups is 1. The van der Waals surface area contributed by atoms with Crippen LogP contribution in [0.5, 0.6) is 5.88 Å². The average Bonchev–Trinajstić information content (AvgIpc) is 2.68. The van der Waals surface area contributed by atoms with Gasteiger partial charge in [-0.1, -0.05) is 37.3 Å². The van der Waals surface area contributed by atoms with E-state index in [1.165, 1.54) is 4.57 Å². The van der Waals surface area contributed by atoms with Crippen LogP contribution in [0.1, 0.15) is 42.0 Å². The van der Waals surface area contributed by atoms with E-state index < -0.39 is 5.56 Å². The Hall–Kier alpha value is -2.58. The highest BCUT2D eigenvalue weighted by atomic mass is 16.3. The number of benzene rings is 1. The molecule has 1 aromatic heterocycles. The fraction of sp³-hybridized carbons (Fsp3) is 0.455. The van der Waals surface area contributed by atoms with Crippen LogP contribution in [0.25, 0.3) is 0 Å². The Bertz CT molecular complexity index is 888. The molecule has 2 aromatic rings. The lowest BCUT2D eigenvalue weighted by molar-refractivity contribution is 0.182. The Morgan fingerprint density at radius 3 is 2.52 bits per heavy atom. The first-order chi connectivity index (χ1) is 13.0. The fourth-order valence-electron chi connectivity index (χ4n) is 3.73. The number of hydrogen-bond acceptors (Lipinski definition) is 4. The van der Waals surface area contributed by atoms with Crippen molar-refractivity contribution in [3.05, 3.63) is 62.9 Å². The van der Waals surface area contributed by atoms with Crippen LogP contribution in [0.4, 0.5) is 0 Å². The van der Waals surface area contributed by atoms with E-state index in [0.717, 1.165) is 37.4 Å². The van der Waals surface area contributed by atoms with Gasteiger partial charge in [0.05, 0.1) is 0 Å². The summed E-state index contributed by atoms with van der Waals surface area (Å²) in [6.07, 6.45) is 2.90. The zero-order valence-electron chi connectivity index (χ0n) is 16.1. The minimum absolute atomic E-state index is 0.00560. The molecule has 2 heterocycles. The highest BCUT2D eigenvalue weighted by Crippen LogP contribution is 2.26. The summed E-state index contributed by atoms with van der Waals surface area (Å²) in [6.45, 7) is 6.91. The lowest BCUT2D eigenvalue weighted by Crippen LogP contribution is -2.34. The highest BCUT2D eigenvalue weighted by Gasteiger charge is 2.23. The maximum Gasteiger partial charge on any atom is 0.271 e. The van der Waals surface area contributed by atoms with Gasteiger partial charge in [-0.05, 0) is 56.3 Å². The summed E-state index contributed by atoms with van der Waals surface area (Å²) < 4.78 is 1.36. The topological polar surface area (TPSA) is 69.3 Å². The lowest BCUT2D eigenvalue weighted by atomic mass is 9.98. The van der Waals surface area contributed by atoms with E-state index in [-0.39, 0.29) is 11.4 Å². The zero-order chi connectivity index (χ0) is 19.4. The third kappa shape index (κ3) is 4.23. The smallest absolute Gasteiger partial charge is 0.271 e. The van der Waals surface area contributed by atoms with E-state index in [1.54, 1.807) is 6.92 Å². The maximum absolute atomic E-state index is 12.7. The number of nitriles is 1. The van der Waals surface area contributed by atoms with Crippen molar-refractivity contribution in [3.8, 4) is 11.9 Å². The van der Waals surface area contributed by atoms with Crippen LogP contribution >= 0.6 is 0 Å². The molecule has 5 heteroatoms. The monoisotopic (exact) mass is 365 g/mol. The Kier molecular flexibility index (Phi) is 5.98. The molecule has 1 N–H and O–H groups in total. The summed E-state index contributed by atoms with van der Waals surface area (Å²) in [7, 11) is 0. The predicted molar refractivity (Wildman–Crippen MR) is 106 cm³/mol. The molecule has 0 unspecified atom stereocenters. The molecular weight excluding hydrogens is 338 g/mol. The molecule has 0 bridgehead atoms. The van der Waals surface area contributed by atoms with Crippen molar-refractivity contribution >= 4 is 0 Å². The molecule has 0 radical (unpaired) electrons. The third-order valence-corrected chi connectivity index (χ3v) is 5.65. The Morgan fingerprint density at radius 2 is 1.89 bits per heavy atom. The van der Waals surface area contributed by atoms with Crippen LogP contribution in [-0.4, -0.2) is 27.7 Å². The van der Waals surface area contributed by atoms with E-state index in [1.807, 2.05) is 30.3 Å². The largest absolute Gasteiger partial charge is 0.494 e. The summed E-state index contributed by atoms with van der Waals surface area (Å²) in [6, 6.07) is 11.9. The number of aryl methyl sites for hydroxylation is 1. The molecule has 0 amide bonds. The molecule has 142 valence electrons. The van der Waals surface area contributed by atoms with Gasteiger partial charge < -0.3 is 5.11 Å². The molecule has 1 aliphatic heterocycles. The van der Waals surface area contributed by atoms with Gasteiger partial charge in [0.15, 0.2) is 5.88 Å². The molecule has 3 rings (SSSR count). The maximum atomic E-state index is 12.7. The number of likely N-dealkylation sites (tertiary alicyclic amines) is 1. The average molecular weight is 365 g/mol. The Labute approximate surface area is 160 Å². The Balaban J connectivity index is 1.91. The van der Waals surface area contributed by atoms with Crippen LogP contribution in [0.2, 0.25) is 0 Å². The minimum atomic E-state index is -0.403. The zero-order valence-corrected chi connectivity index (χ0v) is 16.1. The Morgan fingerprint density at radius 1 is 1.22 bits per heavy atom. The van der Waals surface area contributed by atoms with E-state index in [2.05, 4.69) is 17.9 Å². The quantitative estimate of drug-likeness (QED) is 0.883. The van der Waals surface area contributed by atoms with Crippen molar-refractivity contribution in [2.45, 2.75) is 46.2 Å². The van der Waals surface area contributed by atoms with Gasteiger partial charge in [0.2, 0.25) is 0 Å². The molecule has 1 fully saturated rings. The van der Waals surface area contributed by atoms with Crippen molar-refractivity contribution in [1.82, 2.24) is 9.47 Å². The van der Waals surface area contributed by atoms with Crippen molar-refractivity contribution in [1.29, 1.82) is 5.26 Å². The van der Waals surface area contributed by atoms with Crippen LogP contribution in [0, 0.1) is 24.2 Å². The van der Waals surface area contributed by atoms with Gasteiger partial charge in [-0.2, -0.15) is 5.26 Å². The second kappa shape index (κ2) is 8.41. The summed E-state index contributed by atoms with van der Waals surface area (Å²) in [5.74, 6) is 0.733. The predicted octanol–water partition coefficient (Wildman–Crippen LogP) is 3.21. The lowest BCUT2D eigenvalue weighted by Gasteiger charge is -2.31. The third-order valence-electron chi connectivity index (χ3n) is 5.65. The number of pyridine rings is 1. The van der Waals surface area contributed by atoms with Gasteiger partial charge in [0, 0.05) is 18.7 Å². The molecular formula is C22H27N3O2. The number of nitrogens with zero attached hydrogens (tertiary/aromatic N) is 3. The molecule has 1 saturated heterocycles. The summed E-state index contributed by atoms with van der Waals surface area (Å²) in [4.78, 5) is 15.0. The molecule has 0 aliphatic carbocycles. The van der Waals surface area contributed by atoms with Gasteiger partial charge >= 0.3 is 0 Å². The molecule has 0 spiro atoms.